The molecule has 1 saturated carbocycles. The van der Waals surface area contributed by atoms with E-state index in [-0.39, 0.29) is 17.7 Å². The van der Waals surface area contributed by atoms with Crippen LogP contribution in [-0.2, 0) is 21.4 Å². The number of nitrogens with one attached hydrogen (secondary N) is 2. The Labute approximate surface area is 274 Å². The van der Waals surface area contributed by atoms with Crippen LogP contribution in [0.2, 0.25) is 0 Å². The lowest BCUT2D eigenvalue weighted by atomic mass is 9.84. The van der Waals surface area contributed by atoms with Crippen LogP contribution in [0.3, 0.4) is 0 Å². The molecule has 8 nitrogen and oxygen atoms in total. The van der Waals surface area contributed by atoms with Gasteiger partial charge in [0, 0.05) is 34.8 Å². The monoisotopic (exact) mass is 638 g/mol. The largest absolute Gasteiger partial charge is 0.480 e. The molecule has 2 heterocycles. The number of hydrogen-bond acceptors (Lipinski definition) is 6. The van der Waals surface area contributed by atoms with Crippen molar-refractivity contribution in [3.8, 4) is 22.5 Å². The molecule has 9 heteroatoms. The van der Waals surface area contributed by atoms with Gasteiger partial charge in [-0.2, -0.15) is 0 Å². The predicted octanol–water partition coefficient (Wildman–Crippen LogP) is 7.15. The highest BCUT2D eigenvalue weighted by molar-refractivity contribution is 7.14. The van der Waals surface area contributed by atoms with Crippen molar-refractivity contribution in [1.82, 2.24) is 20.6 Å². The van der Waals surface area contributed by atoms with E-state index in [1.807, 2.05) is 42.7 Å². The second-order valence-corrected chi connectivity index (χ2v) is 14.2. The molecular weight excluding hydrogens is 596 g/mol. The number of carbonyl (C=O) groups is 3. The fourth-order valence-electron chi connectivity index (χ4n) is 5.71. The summed E-state index contributed by atoms with van der Waals surface area (Å²) in [5.41, 5.74) is 4.96. The Morgan fingerprint density at radius 2 is 1.48 bits per heavy atom. The average Bonchev–Trinajstić information content (AvgIpc) is 3.57. The molecule has 0 bridgehead atoms. The second kappa shape index (κ2) is 14.4. The molecule has 0 aliphatic heterocycles. The lowest BCUT2D eigenvalue weighted by Gasteiger charge is -2.22. The fourth-order valence-corrected chi connectivity index (χ4v) is 6.68. The van der Waals surface area contributed by atoms with E-state index < -0.39 is 24.0 Å². The predicted molar refractivity (Wildman–Crippen MR) is 182 cm³/mol. The number of aromatic nitrogens is 2. The van der Waals surface area contributed by atoms with Crippen LogP contribution in [0.25, 0.3) is 22.5 Å². The number of carbonyl (C=O) groups excluding carboxylic acids is 2. The summed E-state index contributed by atoms with van der Waals surface area (Å²) in [6.07, 6.45) is 10.4. The third kappa shape index (κ3) is 8.26. The summed E-state index contributed by atoms with van der Waals surface area (Å²) >= 11 is 1.38. The van der Waals surface area contributed by atoms with Gasteiger partial charge in [-0.1, -0.05) is 88.6 Å². The lowest BCUT2D eigenvalue weighted by molar-refractivity contribution is -0.141. The van der Waals surface area contributed by atoms with Crippen LogP contribution < -0.4 is 10.6 Å². The van der Waals surface area contributed by atoms with Crippen molar-refractivity contribution in [2.24, 2.45) is 0 Å². The Hall–Kier alpha value is -4.37. The molecule has 46 heavy (non-hydrogen) atoms. The second-order valence-electron chi connectivity index (χ2n) is 13.2. The van der Waals surface area contributed by atoms with Crippen molar-refractivity contribution in [3.05, 3.63) is 93.9 Å². The van der Waals surface area contributed by atoms with Crippen LogP contribution in [0, 0.1) is 0 Å². The highest BCUT2D eigenvalue weighted by Crippen LogP contribution is 2.34. The Morgan fingerprint density at radius 3 is 2.07 bits per heavy atom. The van der Waals surface area contributed by atoms with Gasteiger partial charge in [-0.25, -0.2) is 9.97 Å². The Balaban J connectivity index is 1.27. The molecule has 2 atom stereocenters. The first-order valence-electron chi connectivity index (χ1n) is 15.9. The maximum Gasteiger partial charge on any atom is 0.325 e. The van der Waals surface area contributed by atoms with Gasteiger partial charge >= 0.3 is 5.97 Å². The Kier molecular flexibility index (Phi) is 10.3. The van der Waals surface area contributed by atoms with E-state index in [1.165, 1.54) is 55.9 Å². The SMILES string of the molecule is C[C@@H](NC(=O)[C@H](Cc1ccc(-c2ncc(-c3ccc(C4CCCCC4)cc3)cn2)cc1)NC(=O)c1ccc(C(C)(C)C)s1)C(=O)O. The minimum atomic E-state index is -1.15. The van der Waals surface area contributed by atoms with Crippen LogP contribution in [0.15, 0.2) is 73.1 Å². The molecule has 3 N–H and O–H groups in total. The summed E-state index contributed by atoms with van der Waals surface area (Å²) in [6, 6.07) is 17.9. The summed E-state index contributed by atoms with van der Waals surface area (Å²) in [5, 5.41) is 14.6. The maximum absolute atomic E-state index is 13.2. The zero-order valence-electron chi connectivity index (χ0n) is 26.9. The summed E-state index contributed by atoms with van der Waals surface area (Å²) in [5.74, 6) is -0.845. The van der Waals surface area contributed by atoms with Crippen molar-refractivity contribution < 1.29 is 19.5 Å². The maximum atomic E-state index is 13.2. The fraction of sp³-hybridized carbons (Fsp3) is 0.378. The molecule has 0 saturated heterocycles. The van der Waals surface area contributed by atoms with Crippen LogP contribution in [0.1, 0.15) is 91.4 Å². The van der Waals surface area contributed by atoms with Crippen LogP contribution in [0.4, 0.5) is 0 Å². The summed E-state index contributed by atoms with van der Waals surface area (Å²) in [7, 11) is 0. The van der Waals surface area contributed by atoms with Gasteiger partial charge in [0.25, 0.3) is 5.91 Å². The van der Waals surface area contributed by atoms with Gasteiger partial charge in [0.05, 0.1) is 4.88 Å². The van der Waals surface area contributed by atoms with Crippen molar-refractivity contribution >= 4 is 29.1 Å². The zero-order chi connectivity index (χ0) is 32.8. The van der Waals surface area contributed by atoms with Crippen molar-refractivity contribution in [2.45, 2.75) is 89.6 Å². The molecule has 1 aliphatic rings. The minimum Gasteiger partial charge on any atom is -0.480 e. The van der Waals surface area contributed by atoms with Crippen LogP contribution >= 0.6 is 11.3 Å². The molecule has 1 aliphatic carbocycles. The highest BCUT2D eigenvalue weighted by Gasteiger charge is 2.26. The number of hydrogen-bond donors (Lipinski definition) is 3. The van der Waals surface area contributed by atoms with Crippen LogP contribution in [-0.4, -0.2) is 44.9 Å². The van der Waals surface area contributed by atoms with Gasteiger partial charge in [-0.05, 0) is 59.9 Å². The number of amides is 2. The zero-order valence-corrected chi connectivity index (χ0v) is 27.7. The van der Waals surface area contributed by atoms with E-state index in [1.54, 1.807) is 6.07 Å². The first-order chi connectivity index (χ1) is 22.0. The number of aliphatic carboxylic acids is 1. The molecule has 2 aromatic carbocycles. The number of carboxylic acid groups (broad SMARTS) is 1. The van der Waals surface area contributed by atoms with Gasteiger partial charge in [0.1, 0.15) is 12.1 Å². The highest BCUT2D eigenvalue weighted by atomic mass is 32.1. The molecule has 0 spiro atoms. The number of rotatable bonds is 10. The summed E-state index contributed by atoms with van der Waals surface area (Å²) in [6.45, 7) is 7.61. The van der Waals surface area contributed by atoms with Gasteiger partial charge in [0.15, 0.2) is 5.82 Å². The topological polar surface area (TPSA) is 121 Å². The molecule has 4 aromatic rings. The van der Waals surface area contributed by atoms with Gasteiger partial charge < -0.3 is 15.7 Å². The van der Waals surface area contributed by atoms with Gasteiger partial charge in [0.2, 0.25) is 5.91 Å². The van der Waals surface area contributed by atoms with Gasteiger partial charge in [-0.3, -0.25) is 14.4 Å². The number of nitrogens with zero attached hydrogens (tertiary/aromatic N) is 2. The molecule has 5 rings (SSSR count). The van der Waals surface area contributed by atoms with E-state index in [0.29, 0.717) is 16.6 Å². The third-order valence-electron chi connectivity index (χ3n) is 8.54. The molecule has 1 fully saturated rings. The van der Waals surface area contributed by atoms with Gasteiger partial charge in [-0.15, -0.1) is 11.3 Å². The molecular formula is C37H42N4O4S. The van der Waals surface area contributed by atoms with E-state index in [4.69, 9.17) is 0 Å². The quantitative estimate of drug-likeness (QED) is 0.170. The van der Waals surface area contributed by atoms with Crippen molar-refractivity contribution in [3.63, 3.8) is 0 Å². The first-order valence-corrected chi connectivity index (χ1v) is 16.8. The third-order valence-corrected chi connectivity index (χ3v) is 10.1. The molecule has 0 unspecified atom stereocenters. The van der Waals surface area contributed by atoms with Crippen molar-refractivity contribution in [2.75, 3.05) is 0 Å². The molecule has 2 amide bonds. The smallest absolute Gasteiger partial charge is 0.325 e. The number of carboxylic acids is 1. The van der Waals surface area contributed by atoms with E-state index in [0.717, 1.165) is 27.1 Å². The molecule has 2 aromatic heterocycles. The summed E-state index contributed by atoms with van der Waals surface area (Å²) in [4.78, 5) is 48.4. The van der Waals surface area contributed by atoms with Crippen LogP contribution in [0.5, 0.6) is 0 Å². The van der Waals surface area contributed by atoms with Crippen molar-refractivity contribution in [1.29, 1.82) is 0 Å². The standard InChI is InChI=1S/C37H42N4O4S/c1-23(36(44)45)40-34(42)30(41-35(43)31-18-19-32(46-31)37(2,3)4)20-24-10-12-28(13-11-24)33-38-21-29(22-39-33)27-16-14-26(15-17-27)25-8-6-5-7-9-25/h10-19,21-23,25,30H,5-9,20H2,1-4H3,(H,40,42)(H,41,43)(H,44,45)/t23-,30+/m1/s1. The molecule has 240 valence electrons. The number of benzene rings is 2. The Bertz CT molecular complexity index is 1650. The van der Waals surface area contributed by atoms with E-state index in [2.05, 4.69) is 65.6 Å². The first kappa shape index (κ1) is 33.0. The minimum absolute atomic E-state index is 0.109. The molecule has 0 radical (unpaired) electrons. The number of thiophene rings is 1. The lowest BCUT2D eigenvalue weighted by Crippen LogP contribution is -2.51. The summed E-state index contributed by atoms with van der Waals surface area (Å²) < 4.78 is 0. The normalized spacial score (nSPS) is 15.1. The van der Waals surface area contributed by atoms with E-state index >= 15 is 0 Å². The van der Waals surface area contributed by atoms with E-state index in [9.17, 15) is 19.5 Å². The average molecular weight is 639 g/mol. The Morgan fingerprint density at radius 1 is 0.848 bits per heavy atom.